The number of hydrogen-bond acceptors (Lipinski definition) is 15. The lowest BCUT2D eigenvalue weighted by molar-refractivity contribution is -0.361. The van der Waals surface area contributed by atoms with E-state index >= 15 is 0 Å². The highest BCUT2D eigenvalue weighted by atomic mass is 16.8. The molecule has 1 saturated carbocycles. The highest BCUT2D eigenvalue weighted by Crippen LogP contribution is 2.35. The molecule has 10 unspecified atom stereocenters. The average Bonchev–Trinajstić information content (AvgIpc) is 2.83. The molecule has 0 amide bonds. The van der Waals surface area contributed by atoms with E-state index in [0.717, 1.165) is 0 Å². The van der Waals surface area contributed by atoms with Gasteiger partial charge in [0.25, 0.3) is 0 Å². The largest absolute Gasteiger partial charge is 0.394 e. The molecule has 0 bridgehead atoms. The zero-order valence-electron chi connectivity index (χ0n) is 20.2. The number of ether oxygens (including phenoxy) is 5. The predicted octanol–water partition coefficient (Wildman–Crippen LogP) is -5.92. The first-order chi connectivity index (χ1) is 17.0. The van der Waals surface area contributed by atoms with Crippen molar-refractivity contribution in [3.05, 3.63) is 0 Å². The van der Waals surface area contributed by atoms with Crippen LogP contribution in [0.15, 0.2) is 0 Å². The molecular weight excluding hydrogens is 482 g/mol. The lowest BCUT2D eigenvalue weighted by atomic mass is 9.84. The van der Waals surface area contributed by atoms with Gasteiger partial charge in [0.15, 0.2) is 18.9 Å². The Labute approximate surface area is 208 Å². The van der Waals surface area contributed by atoms with Crippen LogP contribution < -0.4 is 28.3 Å². The molecule has 4 rings (SSSR count). The molecule has 4 aliphatic rings. The number of nitrogens with one attached hydrogen (secondary N) is 1. The summed E-state index contributed by atoms with van der Waals surface area (Å²) in [5, 5.41) is 54.3. The summed E-state index contributed by atoms with van der Waals surface area (Å²) in [5.41, 5.74) is 24.1. The Morgan fingerprint density at radius 3 is 2.19 bits per heavy atom. The second-order valence-electron chi connectivity index (χ2n) is 10.2. The maximum absolute atomic E-state index is 11.1. The van der Waals surface area contributed by atoms with Crippen LogP contribution in [0, 0.1) is 0 Å². The van der Waals surface area contributed by atoms with Gasteiger partial charge in [-0.05, 0) is 19.9 Å². The normalized spacial score (nSPS) is 54.2. The summed E-state index contributed by atoms with van der Waals surface area (Å²) in [7, 11) is 1.61. The van der Waals surface area contributed by atoms with Crippen LogP contribution >= 0.6 is 0 Å². The van der Waals surface area contributed by atoms with E-state index in [1.54, 1.807) is 7.05 Å². The Kier molecular flexibility index (Phi) is 9.19. The third-order valence-corrected chi connectivity index (χ3v) is 7.63. The van der Waals surface area contributed by atoms with Crippen LogP contribution in [-0.4, -0.2) is 137 Å². The van der Waals surface area contributed by atoms with Gasteiger partial charge in [-0.2, -0.15) is 0 Å². The lowest BCUT2D eigenvalue weighted by Gasteiger charge is -2.51. The average molecular weight is 524 g/mol. The van der Waals surface area contributed by atoms with E-state index in [4.69, 9.17) is 46.6 Å². The van der Waals surface area contributed by atoms with Gasteiger partial charge in [0.05, 0.1) is 43.0 Å². The molecule has 1 aliphatic carbocycles. The highest BCUT2D eigenvalue weighted by Gasteiger charge is 2.53. The summed E-state index contributed by atoms with van der Waals surface area (Å²) in [4.78, 5) is 0. The summed E-state index contributed by atoms with van der Waals surface area (Å²) in [5.74, 6) is 0. The van der Waals surface area contributed by atoms with Crippen LogP contribution in [0.4, 0.5) is 0 Å². The fourth-order valence-corrected chi connectivity index (χ4v) is 5.44. The quantitative estimate of drug-likeness (QED) is 0.155. The smallest absolute Gasteiger partial charge is 0.179 e. The minimum atomic E-state index is -1.32. The summed E-state index contributed by atoms with van der Waals surface area (Å²) in [6.45, 7) is -0.390. The zero-order valence-corrected chi connectivity index (χ0v) is 20.2. The van der Waals surface area contributed by atoms with Crippen molar-refractivity contribution in [1.29, 1.82) is 0 Å². The summed E-state index contributed by atoms with van der Waals surface area (Å²) in [6.07, 6.45) is -10.3. The molecule has 3 saturated heterocycles. The molecule has 0 aromatic carbocycles. The number of aliphatic hydroxyl groups is 5. The maximum atomic E-state index is 11.1. The zero-order chi connectivity index (χ0) is 26.3. The first kappa shape index (κ1) is 28.4. The topological polar surface area (TPSA) is 263 Å². The van der Waals surface area contributed by atoms with E-state index in [-0.39, 0.29) is 19.3 Å². The first-order valence-electron chi connectivity index (χ1n) is 12.4. The number of likely N-dealkylation sites (N-methyl/N-ethyl adjacent to an activating group) is 1. The molecule has 0 aromatic heterocycles. The minimum Gasteiger partial charge on any atom is -0.394 e. The Bertz CT molecular complexity index is 727. The van der Waals surface area contributed by atoms with Crippen molar-refractivity contribution in [3.63, 3.8) is 0 Å². The van der Waals surface area contributed by atoms with Crippen molar-refractivity contribution in [2.45, 2.75) is 117 Å². The third-order valence-electron chi connectivity index (χ3n) is 7.63. The van der Waals surface area contributed by atoms with Crippen LogP contribution in [0.1, 0.15) is 19.3 Å². The van der Waals surface area contributed by atoms with Gasteiger partial charge in [-0.3, -0.25) is 0 Å². The van der Waals surface area contributed by atoms with E-state index in [2.05, 4.69) is 5.32 Å². The van der Waals surface area contributed by atoms with Gasteiger partial charge >= 0.3 is 0 Å². The molecule has 16 atom stereocenters. The van der Waals surface area contributed by atoms with Crippen molar-refractivity contribution in [2.75, 3.05) is 13.7 Å². The summed E-state index contributed by atoms with van der Waals surface area (Å²) >= 11 is 0. The van der Waals surface area contributed by atoms with E-state index in [0.29, 0.717) is 0 Å². The second kappa shape index (κ2) is 11.6. The van der Waals surface area contributed by atoms with E-state index in [1.165, 1.54) is 0 Å². The number of hydrogen-bond donors (Lipinski definition) is 10. The molecule has 4 fully saturated rings. The monoisotopic (exact) mass is 523 g/mol. The molecule has 15 nitrogen and oxygen atoms in total. The maximum Gasteiger partial charge on any atom is 0.179 e. The molecule has 0 spiro atoms. The standard InChI is InChI=1S/C21H41N5O10/c1-26-14-16(30)19-10(33-21(14)34-12-4-9(28)13(25)11(5-27)32-12)3-8(24)20(36-19)35-18-7(23)2-6(22)15(29)17(18)31/h6-21,26-31H,2-5,22-25H2,1H3/t6-,7?,8?,9?,10+,11?,12-,13+,14?,15?,16?,17?,18-,19?,20+,21?/m1/s1. The number of nitrogens with two attached hydrogens (primary N) is 4. The lowest BCUT2D eigenvalue weighted by Crippen LogP contribution is -2.69. The predicted molar refractivity (Wildman–Crippen MR) is 122 cm³/mol. The van der Waals surface area contributed by atoms with Crippen molar-refractivity contribution in [3.8, 4) is 0 Å². The summed E-state index contributed by atoms with van der Waals surface area (Å²) in [6, 6.07) is -3.55. The number of fused-ring (bicyclic) bond motifs is 1. The van der Waals surface area contributed by atoms with Crippen molar-refractivity contribution in [2.24, 2.45) is 22.9 Å². The highest BCUT2D eigenvalue weighted by molar-refractivity contribution is 5.01. The van der Waals surface area contributed by atoms with Crippen LogP contribution in [0.2, 0.25) is 0 Å². The van der Waals surface area contributed by atoms with Gasteiger partial charge in [0, 0.05) is 18.5 Å². The van der Waals surface area contributed by atoms with Crippen LogP contribution in [0.25, 0.3) is 0 Å². The molecule has 15 heteroatoms. The van der Waals surface area contributed by atoms with Crippen LogP contribution in [0.3, 0.4) is 0 Å². The Morgan fingerprint density at radius 1 is 0.806 bits per heavy atom. The van der Waals surface area contributed by atoms with Gasteiger partial charge in [0.2, 0.25) is 0 Å². The molecule has 0 aromatic rings. The van der Waals surface area contributed by atoms with E-state index < -0.39 is 105 Å². The Balaban J connectivity index is 1.41. The molecule has 36 heavy (non-hydrogen) atoms. The fraction of sp³-hybridized carbons (Fsp3) is 1.00. The van der Waals surface area contributed by atoms with E-state index in [1.807, 2.05) is 0 Å². The van der Waals surface area contributed by atoms with Crippen molar-refractivity contribution >= 4 is 0 Å². The van der Waals surface area contributed by atoms with Crippen LogP contribution in [0.5, 0.6) is 0 Å². The van der Waals surface area contributed by atoms with Gasteiger partial charge < -0.3 is 77.5 Å². The Morgan fingerprint density at radius 2 is 1.53 bits per heavy atom. The number of rotatable bonds is 6. The Hall–Kier alpha value is -0.600. The molecule has 3 aliphatic heterocycles. The van der Waals surface area contributed by atoms with E-state index in [9.17, 15) is 25.5 Å². The van der Waals surface area contributed by atoms with Crippen molar-refractivity contribution in [1.82, 2.24) is 5.32 Å². The molecular formula is C21H41N5O10. The molecule has 14 N–H and O–H groups in total. The number of aliphatic hydroxyl groups excluding tert-OH is 5. The van der Waals surface area contributed by atoms with Crippen LogP contribution in [-0.2, 0) is 23.7 Å². The van der Waals surface area contributed by atoms with Gasteiger partial charge in [-0.1, -0.05) is 0 Å². The summed E-state index contributed by atoms with van der Waals surface area (Å²) < 4.78 is 29.6. The first-order valence-corrected chi connectivity index (χ1v) is 12.4. The SMILES string of the molecule is CNC1C(O[C@@H]2CC(O)[C@H](N)C(CO)O2)O[C@H]2CC(N)[C@@H](O[C@@H]3C(N)C[C@@H](N)C(O)C3O)OC2C1O. The molecule has 3 heterocycles. The fourth-order valence-electron chi connectivity index (χ4n) is 5.44. The van der Waals surface area contributed by atoms with Crippen molar-refractivity contribution < 1.29 is 49.2 Å². The van der Waals surface area contributed by atoms with Gasteiger partial charge in [0.1, 0.15) is 30.5 Å². The second-order valence-corrected chi connectivity index (χ2v) is 10.2. The van der Waals surface area contributed by atoms with Gasteiger partial charge in [-0.25, -0.2) is 0 Å². The third kappa shape index (κ3) is 5.56. The molecule has 210 valence electrons. The molecule has 0 radical (unpaired) electrons. The minimum absolute atomic E-state index is 0.0591. The van der Waals surface area contributed by atoms with Gasteiger partial charge in [-0.15, -0.1) is 0 Å².